The predicted molar refractivity (Wildman–Crippen MR) is 49.0 cm³/mol. The van der Waals surface area contributed by atoms with E-state index in [-0.39, 0.29) is 25.2 Å². The van der Waals surface area contributed by atoms with Crippen LogP contribution >= 0.6 is 0 Å². The van der Waals surface area contributed by atoms with Gasteiger partial charge in [-0.15, -0.1) is 0 Å². The van der Waals surface area contributed by atoms with Crippen molar-refractivity contribution in [2.24, 2.45) is 5.73 Å². The summed E-state index contributed by atoms with van der Waals surface area (Å²) in [6.45, 7) is 3.81. The van der Waals surface area contributed by atoms with Crippen molar-refractivity contribution >= 4 is 0 Å². The Morgan fingerprint density at radius 2 is 1.86 bits per heavy atom. The molecule has 0 saturated heterocycles. The van der Waals surface area contributed by atoms with Crippen molar-refractivity contribution < 1.29 is 17.9 Å². The van der Waals surface area contributed by atoms with Gasteiger partial charge in [-0.25, -0.2) is 0 Å². The molecule has 0 bridgehead atoms. The lowest BCUT2D eigenvalue weighted by atomic mass is 10.2. The zero-order valence-electron chi connectivity index (χ0n) is 8.60. The maximum absolute atomic E-state index is 11.7. The number of halogens is 3. The third-order valence-electron chi connectivity index (χ3n) is 1.71. The molecule has 0 spiro atoms. The lowest BCUT2D eigenvalue weighted by Crippen LogP contribution is -2.23. The second-order valence-electron chi connectivity index (χ2n) is 3.61. The van der Waals surface area contributed by atoms with Gasteiger partial charge >= 0.3 is 6.18 Å². The Morgan fingerprint density at radius 3 is 2.29 bits per heavy atom. The van der Waals surface area contributed by atoms with E-state index in [1.807, 2.05) is 13.8 Å². The molecule has 14 heavy (non-hydrogen) atoms. The molecule has 5 heteroatoms. The van der Waals surface area contributed by atoms with E-state index < -0.39 is 12.6 Å². The van der Waals surface area contributed by atoms with Crippen molar-refractivity contribution in [3.63, 3.8) is 0 Å². The molecule has 2 nitrogen and oxygen atoms in total. The molecule has 0 aromatic carbocycles. The van der Waals surface area contributed by atoms with Crippen LogP contribution in [0.5, 0.6) is 0 Å². The highest BCUT2D eigenvalue weighted by molar-refractivity contribution is 4.59. The van der Waals surface area contributed by atoms with Gasteiger partial charge in [-0.2, -0.15) is 13.2 Å². The highest BCUT2D eigenvalue weighted by Gasteiger charge is 2.26. The Labute approximate surface area is 82.6 Å². The summed E-state index contributed by atoms with van der Waals surface area (Å²) in [7, 11) is 0. The number of nitrogens with two attached hydrogens (primary N) is 1. The summed E-state index contributed by atoms with van der Waals surface area (Å²) in [4.78, 5) is 0. The Balaban J connectivity index is 3.36. The van der Waals surface area contributed by atoms with Crippen LogP contribution in [-0.2, 0) is 4.74 Å². The molecule has 2 unspecified atom stereocenters. The van der Waals surface area contributed by atoms with E-state index in [1.54, 1.807) is 0 Å². The van der Waals surface area contributed by atoms with Gasteiger partial charge in [0.05, 0.1) is 6.10 Å². The zero-order valence-corrected chi connectivity index (χ0v) is 8.60. The molecule has 0 heterocycles. The minimum absolute atomic E-state index is 0.0206. The summed E-state index contributed by atoms with van der Waals surface area (Å²) in [5, 5.41) is 0. The topological polar surface area (TPSA) is 35.2 Å². The standard InChI is InChI=1S/C9H18F3NO/c1-7(13)6-8(2)14-5-3-4-9(10,11)12/h7-8H,3-6,13H2,1-2H3. The molecular weight excluding hydrogens is 195 g/mol. The van der Waals surface area contributed by atoms with Gasteiger partial charge in [0.15, 0.2) is 0 Å². The Hall–Kier alpha value is -0.290. The van der Waals surface area contributed by atoms with Crippen LogP contribution < -0.4 is 5.73 Å². The molecule has 0 saturated carbocycles. The van der Waals surface area contributed by atoms with Gasteiger partial charge in [0.2, 0.25) is 0 Å². The molecule has 0 aromatic heterocycles. The third kappa shape index (κ3) is 9.80. The van der Waals surface area contributed by atoms with E-state index in [0.29, 0.717) is 6.42 Å². The first-order chi connectivity index (χ1) is 6.31. The van der Waals surface area contributed by atoms with E-state index in [2.05, 4.69) is 0 Å². The van der Waals surface area contributed by atoms with Crippen LogP contribution in [0.25, 0.3) is 0 Å². The molecule has 0 aliphatic carbocycles. The van der Waals surface area contributed by atoms with Gasteiger partial charge in [-0.3, -0.25) is 0 Å². The van der Waals surface area contributed by atoms with Gasteiger partial charge < -0.3 is 10.5 Å². The van der Waals surface area contributed by atoms with E-state index in [4.69, 9.17) is 10.5 Å². The summed E-state index contributed by atoms with van der Waals surface area (Å²) in [5.41, 5.74) is 5.51. The van der Waals surface area contributed by atoms with Crippen molar-refractivity contribution in [1.82, 2.24) is 0 Å². The van der Waals surface area contributed by atoms with E-state index in [9.17, 15) is 13.2 Å². The van der Waals surface area contributed by atoms with E-state index in [1.165, 1.54) is 0 Å². The van der Waals surface area contributed by atoms with Crippen molar-refractivity contribution in [2.45, 2.75) is 51.4 Å². The molecule has 0 rings (SSSR count). The summed E-state index contributed by atoms with van der Waals surface area (Å²) in [6, 6.07) is 0.0209. The van der Waals surface area contributed by atoms with Gasteiger partial charge in [0.25, 0.3) is 0 Å². The average Bonchev–Trinajstić information content (AvgIpc) is 1.95. The summed E-state index contributed by atoms with van der Waals surface area (Å²) in [6.07, 6.45) is -4.23. The normalized spacial score (nSPS) is 16.7. The van der Waals surface area contributed by atoms with Gasteiger partial charge in [-0.05, 0) is 26.7 Å². The third-order valence-corrected chi connectivity index (χ3v) is 1.71. The molecule has 0 aliphatic rings. The highest BCUT2D eigenvalue weighted by Crippen LogP contribution is 2.21. The number of ether oxygens (including phenoxy) is 1. The maximum atomic E-state index is 11.7. The Morgan fingerprint density at radius 1 is 1.29 bits per heavy atom. The fourth-order valence-electron chi connectivity index (χ4n) is 1.15. The smallest absolute Gasteiger partial charge is 0.378 e. The minimum Gasteiger partial charge on any atom is -0.378 e. The highest BCUT2D eigenvalue weighted by atomic mass is 19.4. The van der Waals surface area contributed by atoms with Crippen LogP contribution in [0, 0.1) is 0 Å². The van der Waals surface area contributed by atoms with Crippen molar-refractivity contribution in [3.05, 3.63) is 0 Å². The Kier molecular flexibility index (Phi) is 6.11. The van der Waals surface area contributed by atoms with Crippen LogP contribution in [0.4, 0.5) is 13.2 Å². The lowest BCUT2D eigenvalue weighted by Gasteiger charge is -2.15. The van der Waals surface area contributed by atoms with E-state index >= 15 is 0 Å². The average molecular weight is 213 g/mol. The monoisotopic (exact) mass is 213 g/mol. The molecule has 0 fully saturated rings. The van der Waals surface area contributed by atoms with Crippen LogP contribution in [0.2, 0.25) is 0 Å². The molecule has 2 atom stereocenters. The molecule has 0 radical (unpaired) electrons. The maximum Gasteiger partial charge on any atom is 0.389 e. The van der Waals surface area contributed by atoms with Crippen molar-refractivity contribution in [2.75, 3.05) is 6.61 Å². The van der Waals surface area contributed by atoms with Crippen LogP contribution in [-0.4, -0.2) is 24.9 Å². The largest absolute Gasteiger partial charge is 0.389 e. The lowest BCUT2D eigenvalue weighted by molar-refractivity contribution is -0.138. The quantitative estimate of drug-likeness (QED) is 0.688. The Bertz CT molecular complexity index is 147. The van der Waals surface area contributed by atoms with Crippen LogP contribution in [0.15, 0.2) is 0 Å². The second-order valence-corrected chi connectivity index (χ2v) is 3.61. The van der Waals surface area contributed by atoms with Crippen LogP contribution in [0.1, 0.15) is 33.1 Å². The summed E-state index contributed by atoms with van der Waals surface area (Å²) < 4.78 is 40.3. The minimum atomic E-state index is -4.08. The van der Waals surface area contributed by atoms with Gasteiger partial charge in [0, 0.05) is 19.1 Å². The fourth-order valence-corrected chi connectivity index (χ4v) is 1.15. The van der Waals surface area contributed by atoms with E-state index in [0.717, 1.165) is 0 Å². The number of hydrogen-bond acceptors (Lipinski definition) is 2. The van der Waals surface area contributed by atoms with Crippen LogP contribution in [0.3, 0.4) is 0 Å². The molecule has 0 amide bonds. The zero-order chi connectivity index (χ0) is 11.2. The van der Waals surface area contributed by atoms with Crippen molar-refractivity contribution in [1.29, 1.82) is 0 Å². The molecule has 86 valence electrons. The van der Waals surface area contributed by atoms with Gasteiger partial charge in [0.1, 0.15) is 0 Å². The first-order valence-corrected chi connectivity index (χ1v) is 4.75. The first-order valence-electron chi connectivity index (χ1n) is 4.75. The summed E-state index contributed by atoms with van der Waals surface area (Å²) >= 11 is 0. The summed E-state index contributed by atoms with van der Waals surface area (Å²) in [5.74, 6) is 0. The number of alkyl halides is 3. The molecule has 2 N–H and O–H groups in total. The second kappa shape index (κ2) is 6.24. The molecule has 0 aliphatic heterocycles. The first kappa shape index (κ1) is 13.7. The fraction of sp³-hybridized carbons (Fsp3) is 1.00. The number of hydrogen-bond donors (Lipinski definition) is 1. The molecular formula is C9H18F3NO. The van der Waals surface area contributed by atoms with Gasteiger partial charge in [-0.1, -0.05) is 0 Å². The SMILES string of the molecule is CC(N)CC(C)OCCCC(F)(F)F. The van der Waals surface area contributed by atoms with Crippen molar-refractivity contribution in [3.8, 4) is 0 Å². The number of rotatable bonds is 6. The molecule has 0 aromatic rings. The predicted octanol–water partition coefficient (Wildman–Crippen LogP) is 2.47.